The molecule has 1 atom stereocenters. The van der Waals surface area contributed by atoms with Gasteiger partial charge in [-0.05, 0) is 19.8 Å². The number of ether oxygens (including phenoxy) is 3. The van der Waals surface area contributed by atoms with Gasteiger partial charge in [-0.15, -0.1) is 0 Å². The van der Waals surface area contributed by atoms with Crippen molar-refractivity contribution < 1.29 is 85.5 Å². The van der Waals surface area contributed by atoms with Crippen molar-refractivity contribution in [3.63, 3.8) is 0 Å². The van der Waals surface area contributed by atoms with E-state index in [1.165, 1.54) is 0 Å². The molecule has 0 aromatic carbocycles. The molecule has 0 aromatic rings. The van der Waals surface area contributed by atoms with Crippen molar-refractivity contribution in [1.29, 1.82) is 0 Å². The number of hydrogen-bond acceptors (Lipinski definition) is 9. The number of hydrogen-bond donors (Lipinski definition) is 0. The van der Waals surface area contributed by atoms with Crippen LogP contribution in [0.2, 0.25) is 0 Å². The molecular formula is C16H15F10O9S-. The van der Waals surface area contributed by atoms with E-state index in [1.807, 2.05) is 0 Å². The predicted molar refractivity (Wildman–Crippen MR) is 91.1 cm³/mol. The SMILES string of the molecule is C=C(C(=O)OC(OCCCCC(F)(F)C(F)(F)S(=O)(=O)[O-])(C(=O)OCC(C)=O)C(F)(F)F)C(F)(F)F. The average molecular weight is 573 g/mol. The second-order valence-corrected chi connectivity index (χ2v) is 8.16. The summed E-state index contributed by atoms with van der Waals surface area (Å²) in [5.74, 6) is -17.3. The molecule has 210 valence electrons. The fraction of sp³-hybridized carbons (Fsp3) is 0.688. The van der Waals surface area contributed by atoms with Gasteiger partial charge in [-0.1, -0.05) is 6.58 Å². The fourth-order valence-electron chi connectivity index (χ4n) is 1.95. The lowest BCUT2D eigenvalue weighted by Crippen LogP contribution is -2.59. The number of Topliss-reactive ketones (excluding diaryl/α,β-unsaturated/α-hetero) is 1. The van der Waals surface area contributed by atoms with E-state index in [4.69, 9.17) is 0 Å². The van der Waals surface area contributed by atoms with Gasteiger partial charge in [0, 0.05) is 6.42 Å². The molecule has 0 saturated heterocycles. The maximum Gasteiger partial charge on any atom is 0.468 e. The molecular weight excluding hydrogens is 558 g/mol. The van der Waals surface area contributed by atoms with Crippen LogP contribution in [-0.4, -0.2) is 73.2 Å². The summed E-state index contributed by atoms with van der Waals surface area (Å²) in [6, 6.07) is 0. The molecule has 0 heterocycles. The number of carbonyl (C=O) groups excluding carboxylic acids is 3. The molecule has 0 aliphatic rings. The summed E-state index contributed by atoms with van der Waals surface area (Å²) in [5, 5.41) is -6.11. The summed E-state index contributed by atoms with van der Waals surface area (Å²) in [5.41, 5.74) is -2.56. The highest BCUT2D eigenvalue weighted by molar-refractivity contribution is 7.86. The Balaban J connectivity index is 5.84. The Hall–Kier alpha value is -2.48. The van der Waals surface area contributed by atoms with Gasteiger partial charge in [0.1, 0.15) is 12.2 Å². The summed E-state index contributed by atoms with van der Waals surface area (Å²) >= 11 is 0. The van der Waals surface area contributed by atoms with Gasteiger partial charge in [-0.25, -0.2) is 18.0 Å². The lowest BCUT2D eigenvalue weighted by Gasteiger charge is -2.32. The van der Waals surface area contributed by atoms with E-state index in [-0.39, 0.29) is 0 Å². The lowest BCUT2D eigenvalue weighted by molar-refractivity contribution is -0.355. The van der Waals surface area contributed by atoms with Crippen molar-refractivity contribution in [2.45, 2.75) is 55.5 Å². The molecule has 0 amide bonds. The molecule has 0 rings (SSSR count). The van der Waals surface area contributed by atoms with Gasteiger partial charge in [0.2, 0.25) is 0 Å². The first-order valence-corrected chi connectivity index (χ1v) is 10.3. The zero-order valence-corrected chi connectivity index (χ0v) is 18.4. The number of rotatable bonds is 13. The van der Waals surface area contributed by atoms with Crippen molar-refractivity contribution in [1.82, 2.24) is 0 Å². The molecule has 0 saturated carbocycles. The van der Waals surface area contributed by atoms with E-state index in [1.54, 1.807) is 0 Å². The Morgan fingerprint density at radius 2 is 1.42 bits per heavy atom. The predicted octanol–water partition coefficient (Wildman–Crippen LogP) is 3.00. The summed E-state index contributed by atoms with van der Waals surface area (Å²) in [6.07, 6.45) is -16.5. The number of alkyl halides is 10. The second-order valence-electron chi connectivity index (χ2n) is 6.74. The zero-order valence-electron chi connectivity index (χ0n) is 17.6. The quantitative estimate of drug-likeness (QED) is 0.0814. The normalized spacial score (nSPS) is 15.1. The van der Waals surface area contributed by atoms with Crippen LogP contribution in [0.25, 0.3) is 0 Å². The highest BCUT2D eigenvalue weighted by atomic mass is 32.2. The van der Waals surface area contributed by atoms with E-state index >= 15 is 0 Å². The molecule has 0 spiro atoms. The van der Waals surface area contributed by atoms with E-state index in [0.717, 1.165) is 0 Å². The van der Waals surface area contributed by atoms with Crippen LogP contribution in [-0.2, 0) is 38.7 Å². The number of carbonyl (C=O) groups is 3. The average Bonchev–Trinajstić information content (AvgIpc) is 2.67. The lowest BCUT2D eigenvalue weighted by atomic mass is 10.1. The van der Waals surface area contributed by atoms with Crippen LogP contribution in [0, 0.1) is 0 Å². The van der Waals surface area contributed by atoms with Crippen LogP contribution < -0.4 is 0 Å². The largest absolute Gasteiger partial charge is 0.743 e. The molecule has 20 heteroatoms. The molecule has 1 unspecified atom stereocenters. The number of halogens is 10. The van der Waals surface area contributed by atoms with E-state index in [9.17, 15) is 71.3 Å². The fourth-order valence-corrected chi connectivity index (χ4v) is 2.42. The number of ketones is 1. The maximum atomic E-state index is 13.6. The molecule has 0 bridgehead atoms. The second kappa shape index (κ2) is 11.3. The topological polar surface area (TPSA) is 136 Å². The first-order chi connectivity index (χ1) is 15.8. The van der Waals surface area contributed by atoms with Gasteiger partial charge in [0.25, 0.3) is 0 Å². The van der Waals surface area contributed by atoms with Gasteiger partial charge in [0.15, 0.2) is 15.9 Å². The van der Waals surface area contributed by atoms with Crippen LogP contribution in [0.5, 0.6) is 0 Å². The Labute approximate surface area is 195 Å². The minimum Gasteiger partial charge on any atom is -0.743 e. The van der Waals surface area contributed by atoms with Crippen LogP contribution in [0.3, 0.4) is 0 Å². The molecule has 0 N–H and O–H groups in total. The van der Waals surface area contributed by atoms with Gasteiger partial charge in [-0.3, -0.25) is 4.79 Å². The highest BCUT2D eigenvalue weighted by Crippen LogP contribution is 2.42. The smallest absolute Gasteiger partial charge is 0.468 e. The van der Waals surface area contributed by atoms with Crippen molar-refractivity contribution >= 4 is 27.8 Å². The highest BCUT2D eigenvalue weighted by Gasteiger charge is 2.68. The summed E-state index contributed by atoms with van der Waals surface area (Å²) in [6.45, 7) is -0.192. The molecule has 0 aromatic heterocycles. The van der Waals surface area contributed by atoms with E-state index in [0.29, 0.717) is 6.92 Å². The molecule has 0 fully saturated rings. The minimum absolute atomic E-state index is 0.693. The Kier molecular flexibility index (Phi) is 10.5. The van der Waals surface area contributed by atoms with E-state index in [2.05, 4.69) is 20.8 Å². The minimum atomic E-state index is -6.86. The maximum absolute atomic E-state index is 13.6. The number of unbranched alkanes of at least 4 members (excludes halogenated alkanes) is 1. The first-order valence-electron chi connectivity index (χ1n) is 8.91. The van der Waals surface area contributed by atoms with Crippen molar-refractivity contribution in [3.8, 4) is 0 Å². The third-order valence-electron chi connectivity index (χ3n) is 3.80. The van der Waals surface area contributed by atoms with Crippen molar-refractivity contribution in [2.75, 3.05) is 13.2 Å². The summed E-state index contributed by atoms with van der Waals surface area (Å²) in [4.78, 5) is 34.4. The van der Waals surface area contributed by atoms with Crippen LogP contribution in [0.1, 0.15) is 26.2 Å². The summed E-state index contributed by atoms with van der Waals surface area (Å²) < 4.78 is 174. The Morgan fingerprint density at radius 1 is 0.917 bits per heavy atom. The third kappa shape index (κ3) is 8.02. The van der Waals surface area contributed by atoms with Crippen LogP contribution >= 0.6 is 0 Å². The van der Waals surface area contributed by atoms with Crippen LogP contribution in [0.4, 0.5) is 43.9 Å². The van der Waals surface area contributed by atoms with Gasteiger partial charge < -0.3 is 18.8 Å². The molecule has 0 aliphatic carbocycles. The molecule has 0 radical (unpaired) electrons. The van der Waals surface area contributed by atoms with Gasteiger partial charge in [0.05, 0.1) is 6.61 Å². The Bertz CT molecular complexity index is 956. The Morgan fingerprint density at radius 3 is 1.81 bits per heavy atom. The summed E-state index contributed by atoms with van der Waals surface area (Å²) in [7, 11) is -6.86. The van der Waals surface area contributed by atoms with Crippen molar-refractivity contribution in [2.24, 2.45) is 0 Å². The molecule has 9 nitrogen and oxygen atoms in total. The van der Waals surface area contributed by atoms with Crippen molar-refractivity contribution in [3.05, 3.63) is 12.2 Å². The number of esters is 2. The first kappa shape index (κ1) is 33.5. The molecule has 0 aliphatic heterocycles. The van der Waals surface area contributed by atoms with E-state index < -0.39 is 95.2 Å². The standard InChI is InChI=1S/C16H16F10O9S/c1-8(27)7-33-11(29)13(15(22,23)24,35-10(28)9(2)14(19,20)21)34-6-4-3-5-12(17,18)16(25,26)36(30,31)32/h2-7H2,1H3,(H,30,31,32)/p-1. The third-order valence-corrected chi connectivity index (χ3v) is 4.73. The van der Waals surface area contributed by atoms with Crippen LogP contribution in [0.15, 0.2) is 12.2 Å². The van der Waals surface area contributed by atoms with Gasteiger partial charge in [-0.2, -0.15) is 43.9 Å². The monoisotopic (exact) mass is 573 g/mol. The molecule has 36 heavy (non-hydrogen) atoms. The van der Waals surface area contributed by atoms with Gasteiger partial charge >= 0.3 is 41.3 Å². The zero-order chi connectivity index (χ0) is 29.0.